The van der Waals surface area contributed by atoms with Crippen molar-refractivity contribution in [3.8, 4) is 11.5 Å². The van der Waals surface area contributed by atoms with Crippen LogP contribution in [0.3, 0.4) is 0 Å². The van der Waals surface area contributed by atoms with E-state index in [2.05, 4.69) is 30.3 Å². The van der Waals surface area contributed by atoms with Gasteiger partial charge >= 0.3 is 130 Å². The zero-order valence-corrected chi connectivity index (χ0v) is 16.0. The topological polar surface area (TPSA) is 72.8 Å². The molecule has 23 heavy (non-hydrogen) atoms. The maximum Gasteiger partial charge on any atom is 0.254 e. The molecule has 0 aliphatic heterocycles. The van der Waals surface area contributed by atoms with Crippen LogP contribution >= 0.6 is 0 Å². The van der Waals surface area contributed by atoms with Gasteiger partial charge < -0.3 is 0 Å². The third kappa shape index (κ3) is 3.97. The van der Waals surface area contributed by atoms with E-state index in [-0.39, 0.29) is 0 Å². The number of hydrogen-bond donors (Lipinski definition) is 2. The standard InChI is InChI=1S/C16H13O2.Na.H2O3S/c1-17-15-11-7-3-5-9-13(11)16(18-2)14-10-6-4-8-12(14)15;;1-4(2)3/h3-5,7-10H,1-2H3;;4H,(H,1,2,3). The van der Waals surface area contributed by atoms with Gasteiger partial charge in [-0.3, -0.25) is 4.55 Å². The molecule has 0 aromatic heterocycles. The van der Waals surface area contributed by atoms with Crippen molar-refractivity contribution in [2.24, 2.45) is 0 Å². The van der Waals surface area contributed by atoms with Crippen LogP contribution in [-0.4, -0.2) is 55.1 Å². The van der Waals surface area contributed by atoms with Gasteiger partial charge in [0.1, 0.15) is 0 Å². The van der Waals surface area contributed by atoms with Gasteiger partial charge in [0.15, 0.2) is 0 Å². The van der Waals surface area contributed by atoms with E-state index in [9.17, 15) is 0 Å². The van der Waals surface area contributed by atoms with Gasteiger partial charge in [0.2, 0.25) is 0 Å². The van der Waals surface area contributed by atoms with Gasteiger partial charge in [-0.2, -0.15) is 0 Å². The molecule has 3 rings (SSSR count). The fourth-order valence-corrected chi connectivity index (χ4v) is 3.11. The summed E-state index contributed by atoms with van der Waals surface area (Å²) in [5, 5.41) is 4.43. The van der Waals surface area contributed by atoms with E-state index in [1.807, 2.05) is 12.1 Å². The average Bonchev–Trinajstić information content (AvgIpc) is 2.52. The van der Waals surface area contributed by atoms with Crippen molar-refractivity contribution < 1.29 is 22.4 Å². The van der Waals surface area contributed by atoms with Crippen LogP contribution in [0.5, 0.6) is 11.5 Å². The zero-order chi connectivity index (χ0) is 17.0. The SMILES string of the molecule is COc1c2ccccc2c(OC)c2c[c]([Na])ccc12.O=[SH](=O)O. The molecule has 0 atom stereocenters. The van der Waals surface area contributed by atoms with Crippen molar-refractivity contribution >= 4 is 63.3 Å². The van der Waals surface area contributed by atoms with Gasteiger partial charge in [0, 0.05) is 0 Å². The van der Waals surface area contributed by atoms with Crippen LogP contribution in [0, 0.1) is 0 Å². The molecule has 5 nitrogen and oxygen atoms in total. The summed E-state index contributed by atoms with van der Waals surface area (Å²) in [7, 11) is 0.334. The van der Waals surface area contributed by atoms with Gasteiger partial charge in [0.05, 0.1) is 0 Å². The van der Waals surface area contributed by atoms with Gasteiger partial charge in [-0.15, -0.1) is 0 Å². The normalized spacial score (nSPS) is 10.5. The summed E-state index contributed by atoms with van der Waals surface area (Å²) in [6, 6.07) is 14.7. The van der Waals surface area contributed by atoms with Crippen molar-refractivity contribution in [2.75, 3.05) is 14.2 Å². The molecule has 0 aliphatic rings. The van der Waals surface area contributed by atoms with Crippen molar-refractivity contribution in [3.05, 3.63) is 42.5 Å². The zero-order valence-electron chi connectivity index (χ0n) is 13.1. The molecule has 7 heteroatoms. The molecule has 0 heterocycles. The molecule has 3 aromatic rings. The number of hydrogen-bond acceptors (Lipinski definition) is 4. The van der Waals surface area contributed by atoms with Crippen molar-refractivity contribution in [2.45, 2.75) is 0 Å². The molecule has 0 aliphatic carbocycles. The van der Waals surface area contributed by atoms with E-state index in [4.69, 9.17) is 22.4 Å². The Morgan fingerprint density at radius 2 is 1.30 bits per heavy atom. The summed E-state index contributed by atoms with van der Waals surface area (Å²) in [4.78, 5) is 0. The monoisotopic (exact) mass is 342 g/mol. The molecule has 0 radical (unpaired) electrons. The molecule has 0 bridgehead atoms. The number of benzene rings is 3. The molecule has 0 saturated heterocycles. The molecule has 116 valence electrons. The minimum absolute atomic E-state index is 0.924. The minimum atomic E-state index is -3.12. The van der Waals surface area contributed by atoms with E-state index >= 15 is 0 Å². The Kier molecular flexibility index (Phi) is 6.26. The Morgan fingerprint density at radius 1 is 0.870 bits per heavy atom. The minimum Gasteiger partial charge on any atom is -0.288 e. The van der Waals surface area contributed by atoms with Crippen LogP contribution in [-0.2, 0) is 11.0 Å². The Morgan fingerprint density at radius 3 is 1.78 bits per heavy atom. The first-order valence-electron chi connectivity index (χ1n) is 6.86. The molecular formula is C16H15NaO5S. The van der Waals surface area contributed by atoms with Crippen LogP contribution < -0.4 is 12.3 Å². The van der Waals surface area contributed by atoms with E-state index < -0.39 is 11.0 Å². The van der Waals surface area contributed by atoms with Gasteiger partial charge in [-0.1, -0.05) is 0 Å². The fraction of sp³-hybridized carbons (Fsp3) is 0.125. The smallest absolute Gasteiger partial charge is 0.254 e. The van der Waals surface area contributed by atoms with Crippen LogP contribution in [0.2, 0.25) is 0 Å². The fourth-order valence-electron chi connectivity index (χ4n) is 2.65. The predicted octanol–water partition coefficient (Wildman–Crippen LogP) is 1.87. The van der Waals surface area contributed by atoms with E-state index in [1.165, 1.54) is 2.81 Å². The first kappa shape index (κ1) is 18.0. The summed E-state index contributed by atoms with van der Waals surface area (Å²) < 4.78 is 36.8. The van der Waals surface area contributed by atoms with E-state index in [0.717, 1.165) is 61.0 Å². The van der Waals surface area contributed by atoms with Gasteiger partial charge in [0.25, 0.3) is 11.0 Å². The van der Waals surface area contributed by atoms with Gasteiger partial charge in [-0.25, -0.2) is 8.42 Å². The van der Waals surface area contributed by atoms with E-state index in [0.29, 0.717) is 0 Å². The number of methoxy groups -OCH3 is 2. The molecule has 3 aromatic carbocycles. The van der Waals surface area contributed by atoms with Crippen LogP contribution in [0.1, 0.15) is 0 Å². The summed E-state index contributed by atoms with van der Waals surface area (Å²) in [5.74, 6) is 1.86. The molecule has 0 amide bonds. The molecule has 0 saturated carbocycles. The summed E-state index contributed by atoms with van der Waals surface area (Å²) >= 11 is 1.03. The molecule has 0 fully saturated rings. The van der Waals surface area contributed by atoms with Crippen molar-refractivity contribution in [1.82, 2.24) is 0 Å². The van der Waals surface area contributed by atoms with Gasteiger partial charge in [-0.05, 0) is 0 Å². The third-order valence-electron chi connectivity index (χ3n) is 3.49. The van der Waals surface area contributed by atoms with Crippen LogP contribution in [0.25, 0.3) is 21.5 Å². The Hall–Kier alpha value is -1.31. The number of rotatable bonds is 2. The summed E-state index contributed by atoms with van der Waals surface area (Å²) in [5.41, 5.74) is 0. The first-order valence-corrected chi connectivity index (χ1v) is 8.99. The third-order valence-corrected chi connectivity index (χ3v) is 4.11. The van der Waals surface area contributed by atoms with Crippen molar-refractivity contribution in [1.29, 1.82) is 0 Å². The Labute approximate surface area is 153 Å². The Bertz CT molecular complexity index is 913. The van der Waals surface area contributed by atoms with Crippen LogP contribution in [0.15, 0.2) is 42.5 Å². The number of fused-ring (bicyclic) bond motifs is 2. The second-order valence-corrected chi connectivity index (χ2v) is 6.53. The molecule has 0 spiro atoms. The number of ether oxygens (including phenoxy) is 2. The van der Waals surface area contributed by atoms with Crippen LogP contribution in [0.4, 0.5) is 0 Å². The largest absolute Gasteiger partial charge is 0.288 e. The maximum absolute atomic E-state index is 8.59. The molecular weight excluding hydrogens is 327 g/mol. The molecule has 1 N–H and O–H groups in total. The average molecular weight is 342 g/mol. The van der Waals surface area contributed by atoms with Crippen molar-refractivity contribution in [3.63, 3.8) is 0 Å². The predicted molar refractivity (Wildman–Crippen MR) is 92.9 cm³/mol. The second-order valence-electron chi connectivity index (χ2n) is 4.90. The summed E-state index contributed by atoms with van der Waals surface area (Å²) in [6.07, 6.45) is 0. The Balaban J connectivity index is 0.000000433. The number of thiol groups is 1. The quantitative estimate of drug-likeness (QED) is 0.322. The summed E-state index contributed by atoms with van der Waals surface area (Å²) in [6.45, 7) is 0. The molecule has 0 unspecified atom stereocenters. The second kappa shape index (κ2) is 7.99. The van der Waals surface area contributed by atoms with E-state index in [1.54, 1.807) is 14.2 Å². The first-order chi connectivity index (χ1) is 11.0. The maximum atomic E-state index is 8.59.